The standard InChI is InChI=1S/C24H22F2N4O2/c25-21-14(7-17(11-27)29-24(32)23-15-3-5-16(8-15)28-23)4-6-18(22(21)26)12-1-2-13-10-20(31)30-19(13)9-12/h1-2,4,6,9,15-17,23,28H,3,5,7-8,10H2,(H,29,32)(H,30,31)/t15-,16+,17-,23?/m0/s1. The van der Waals surface area contributed by atoms with Crippen LogP contribution in [0.15, 0.2) is 30.3 Å². The molecule has 4 atom stereocenters. The van der Waals surface area contributed by atoms with E-state index in [2.05, 4.69) is 16.0 Å². The van der Waals surface area contributed by atoms with Crippen molar-refractivity contribution in [3.8, 4) is 17.2 Å². The fraction of sp³-hybridized carbons (Fsp3) is 0.375. The minimum Gasteiger partial charge on any atom is -0.339 e. The van der Waals surface area contributed by atoms with E-state index in [4.69, 9.17) is 0 Å². The number of hydrogen-bond acceptors (Lipinski definition) is 4. The Morgan fingerprint density at radius 2 is 2.06 bits per heavy atom. The monoisotopic (exact) mass is 436 g/mol. The Hall–Kier alpha value is -3.31. The van der Waals surface area contributed by atoms with Gasteiger partial charge < -0.3 is 16.0 Å². The summed E-state index contributed by atoms with van der Waals surface area (Å²) < 4.78 is 29.8. The predicted octanol–water partition coefficient (Wildman–Crippen LogP) is 2.82. The van der Waals surface area contributed by atoms with Crippen LogP contribution in [0.5, 0.6) is 0 Å². The SMILES string of the molecule is N#C[C@H](Cc1ccc(-c2ccc3c(c2)NC(=O)C3)c(F)c1F)NC(=O)C1N[C@@H]2CC[C@H]1C2. The maximum absolute atomic E-state index is 14.9. The Morgan fingerprint density at radius 3 is 2.78 bits per heavy atom. The topological polar surface area (TPSA) is 94.0 Å². The molecular formula is C24H22F2N4O2. The van der Waals surface area contributed by atoms with Crippen LogP contribution in [0.3, 0.4) is 0 Å². The van der Waals surface area contributed by atoms with Crippen LogP contribution in [-0.4, -0.2) is 29.9 Å². The summed E-state index contributed by atoms with van der Waals surface area (Å²) in [6.07, 6.45) is 3.14. The average Bonchev–Trinajstić information content (AvgIpc) is 3.50. The van der Waals surface area contributed by atoms with E-state index in [0.717, 1.165) is 24.8 Å². The summed E-state index contributed by atoms with van der Waals surface area (Å²) >= 11 is 0. The zero-order chi connectivity index (χ0) is 22.4. The van der Waals surface area contributed by atoms with E-state index in [1.807, 2.05) is 6.07 Å². The second kappa shape index (κ2) is 7.99. The molecule has 0 aromatic heterocycles. The van der Waals surface area contributed by atoms with Crippen molar-refractivity contribution >= 4 is 17.5 Å². The van der Waals surface area contributed by atoms with Gasteiger partial charge >= 0.3 is 0 Å². The van der Waals surface area contributed by atoms with Crippen LogP contribution in [0.25, 0.3) is 11.1 Å². The summed E-state index contributed by atoms with van der Waals surface area (Å²) in [4.78, 5) is 24.1. The molecule has 32 heavy (non-hydrogen) atoms. The highest BCUT2D eigenvalue weighted by Gasteiger charge is 2.43. The number of carbonyl (C=O) groups is 2. The fourth-order valence-electron chi connectivity index (χ4n) is 5.11. The second-order valence-corrected chi connectivity index (χ2v) is 8.81. The van der Waals surface area contributed by atoms with E-state index in [9.17, 15) is 23.6 Å². The van der Waals surface area contributed by atoms with E-state index in [-0.39, 0.29) is 47.7 Å². The van der Waals surface area contributed by atoms with E-state index in [0.29, 0.717) is 17.3 Å². The van der Waals surface area contributed by atoms with Crippen LogP contribution in [0.4, 0.5) is 14.5 Å². The molecule has 2 heterocycles. The summed E-state index contributed by atoms with van der Waals surface area (Å²) in [5.41, 5.74) is 1.94. The molecule has 8 heteroatoms. The Balaban J connectivity index is 1.32. The highest BCUT2D eigenvalue weighted by Crippen LogP contribution is 2.35. The van der Waals surface area contributed by atoms with E-state index in [1.54, 1.807) is 18.2 Å². The van der Waals surface area contributed by atoms with Crippen LogP contribution in [0, 0.1) is 28.9 Å². The smallest absolute Gasteiger partial charge is 0.238 e. The second-order valence-electron chi connectivity index (χ2n) is 8.81. The van der Waals surface area contributed by atoms with E-state index >= 15 is 0 Å². The van der Waals surface area contributed by atoms with Crippen LogP contribution < -0.4 is 16.0 Å². The molecule has 6 nitrogen and oxygen atoms in total. The lowest BCUT2D eigenvalue weighted by Gasteiger charge is -2.23. The minimum absolute atomic E-state index is 0.0217. The highest BCUT2D eigenvalue weighted by molar-refractivity contribution is 6.00. The van der Waals surface area contributed by atoms with Crippen molar-refractivity contribution in [2.75, 3.05) is 5.32 Å². The number of hydrogen-bond donors (Lipinski definition) is 3. The summed E-state index contributed by atoms with van der Waals surface area (Å²) in [6, 6.07) is 8.94. The highest BCUT2D eigenvalue weighted by atomic mass is 19.2. The number of amides is 2. The van der Waals surface area contributed by atoms with Gasteiger partial charge in [-0.2, -0.15) is 5.26 Å². The third kappa shape index (κ3) is 3.63. The van der Waals surface area contributed by atoms with Gasteiger partial charge in [0.1, 0.15) is 6.04 Å². The third-order valence-corrected chi connectivity index (χ3v) is 6.75. The predicted molar refractivity (Wildman–Crippen MR) is 113 cm³/mol. The van der Waals surface area contributed by atoms with Crippen molar-refractivity contribution < 1.29 is 18.4 Å². The van der Waals surface area contributed by atoms with Gasteiger partial charge in [-0.25, -0.2) is 8.78 Å². The van der Waals surface area contributed by atoms with Crippen LogP contribution in [0.2, 0.25) is 0 Å². The quantitative estimate of drug-likeness (QED) is 0.672. The van der Waals surface area contributed by atoms with Gasteiger partial charge in [0.25, 0.3) is 0 Å². The minimum atomic E-state index is -1.04. The molecule has 0 spiro atoms. The number of anilines is 1. The molecule has 2 bridgehead atoms. The zero-order valence-electron chi connectivity index (χ0n) is 17.3. The number of nitrogens with one attached hydrogen (secondary N) is 3. The van der Waals surface area contributed by atoms with Gasteiger partial charge in [-0.3, -0.25) is 9.59 Å². The third-order valence-electron chi connectivity index (χ3n) is 6.75. The fourth-order valence-corrected chi connectivity index (χ4v) is 5.11. The van der Waals surface area contributed by atoms with Gasteiger partial charge in [0, 0.05) is 23.7 Å². The molecule has 2 aromatic carbocycles. The first kappa shape index (κ1) is 20.6. The molecule has 3 aliphatic rings. The van der Waals surface area contributed by atoms with Gasteiger partial charge in [0.15, 0.2) is 11.6 Å². The number of benzene rings is 2. The van der Waals surface area contributed by atoms with Gasteiger partial charge in [-0.05, 0) is 47.9 Å². The van der Waals surface area contributed by atoms with Crippen molar-refractivity contribution in [3.05, 3.63) is 53.1 Å². The summed E-state index contributed by atoms with van der Waals surface area (Å²) in [6.45, 7) is 0. The number of carbonyl (C=O) groups excluding carboxylic acids is 2. The molecule has 1 unspecified atom stereocenters. The number of halogens is 2. The molecule has 5 rings (SSSR count). The Bertz CT molecular complexity index is 1160. The van der Waals surface area contributed by atoms with Gasteiger partial charge in [-0.1, -0.05) is 24.3 Å². The largest absolute Gasteiger partial charge is 0.339 e. The average molecular weight is 436 g/mol. The molecule has 164 valence electrons. The lowest BCUT2D eigenvalue weighted by molar-refractivity contribution is -0.124. The molecule has 0 radical (unpaired) electrons. The molecule has 1 saturated carbocycles. The first-order valence-corrected chi connectivity index (χ1v) is 10.8. The summed E-state index contributed by atoms with van der Waals surface area (Å²) in [7, 11) is 0. The summed E-state index contributed by atoms with van der Waals surface area (Å²) in [5.74, 6) is -2.19. The number of nitrogens with zero attached hydrogens (tertiary/aromatic N) is 1. The molecule has 1 saturated heterocycles. The van der Waals surface area contributed by atoms with Crippen LogP contribution in [0.1, 0.15) is 30.4 Å². The summed E-state index contributed by atoms with van der Waals surface area (Å²) in [5, 5.41) is 18.1. The maximum Gasteiger partial charge on any atom is 0.238 e. The molecule has 2 fully saturated rings. The number of fused-ring (bicyclic) bond motifs is 3. The van der Waals surface area contributed by atoms with Crippen LogP contribution >= 0.6 is 0 Å². The molecule has 2 amide bonds. The Morgan fingerprint density at radius 1 is 1.22 bits per heavy atom. The van der Waals surface area contributed by atoms with Crippen molar-refractivity contribution in [3.63, 3.8) is 0 Å². The normalized spacial score (nSPS) is 24.0. The molecule has 2 aromatic rings. The van der Waals surface area contributed by atoms with Crippen molar-refractivity contribution in [2.24, 2.45) is 5.92 Å². The van der Waals surface area contributed by atoms with Gasteiger partial charge in [0.05, 0.1) is 18.5 Å². The maximum atomic E-state index is 14.9. The number of rotatable bonds is 5. The Kier molecular flexibility index (Phi) is 5.14. The molecule has 1 aliphatic carbocycles. The molecule has 3 N–H and O–H groups in total. The first-order valence-electron chi connectivity index (χ1n) is 10.8. The first-order chi connectivity index (χ1) is 15.4. The van der Waals surface area contributed by atoms with Gasteiger partial charge in [0.2, 0.25) is 11.8 Å². The number of piperidine rings is 1. The molecule has 2 aliphatic heterocycles. The molecular weight excluding hydrogens is 414 g/mol. The van der Waals surface area contributed by atoms with E-state index in [1.165, 1.54) is 12.1 Å². The van der Waals surface area contributed by atoms with Crippen molar-refractivity contribution in [1.82, 2.24) is 10.6 Å². The van der Waals surface area contributed by atoms with Crippen LogP contribution in [-0.2, 0) is 22.4 Å². The van der Waals surface area contributed by atoms with Crippen molar-refractivity contribution in [1.29, 1.82) is 5.26 Å². The lowest BCUT2D eigenvalue weighted by Crippen LogP contribution is -2.50. The number of nitriles is 1. The van der Waals surface area contributed by atoms with E-state index < -0.39 is 17.7 Å². The van der Waals surface area contributed by atoms with Gasteiger partial charge in [-0.15, -0.1) is 0 Å². The Labute approximate surface area is 184 Å². The lowest BCUT2D eigenvalue weighted by atomic mass is 9.97. The zero-order valence-corrected chi connectivity index (χ0v) is 17.3. The van der Waals surface area contributed by atoms with Crippen molar-refractivity contribution in [2.45, 2.75) is 50.2 Å².